The first-order valence-electron chi connectivity index (χ1n) is 9.98. The highest BCUT2D eigenvalue weighted by Gasteiger charge is 2.22. The highest BCUT2D eigenvalue weighted by atomic mass is 32.1. The fourth-order valence-corrected chi connectivity index (χ4v) is 4.62. The molecule has 0 radical (unpaired) electrons. The number of nitrogens with zero attached hydrogens (tertiary/aromatic N) is 6. The molecule has 1 fully saturated rings. The molecule has 9 nitrogen and oxygen atoms in total. The second kappa shape index (κ2) is 8.23. The van der Waals surface area contributed by atoms with E-state index in [4.69, 9.17) is 15.7 Å². The summed E-state index contributed by atoms with van der Waals surface area (Å²) in [6.07, 6.45) is 8.72. The van der Waals surface area contributed by atoms with Crippen LogP contribution in [0.3, 0.4) is 0 Å². The van der Waals surface area contributed by atoms with Crippen molar-refractivity contribution in [2.45, 2.75) is 19.4 Å². The zero-order chi connectivity index (χ0) is 21.2. The Labute approximate surface area is 182 Å². The van der Waals surface area contributed by atoms with E-state index in [1.165, 1.54) is 17.7 Å². The number of nitrogens with two attached hydrogens (primary N) is 1. The first kappa shape index (κ1) is 19.3. The van der Waals surface area contributed by atoms with Crippen LogP contribution in [-0.2, 0) is 6.54 Å². The summed E-state index contributed by atoms with van der Waals surface area (Å²) in [5, 5.41) is 3.83. The lowest BCUT2D eigenvalue weighted by Crippen LogP contribution is -2.24. The van der Waals surface area contributed by atoms with E-state index in [0.717, 1.165) is 41.3 Å². The van der Waals surface area contributed by atoms with Gasteiger partial charge in [-0.25, -0.2) is 15.0 Å². The average molecular weight is 433 g/mol. The van der Waals surface area contributed by atoms with Crippen molar-refractivity contribution in [1.29, 1.82) is 0 Å². The Kier molecular flexibility index (Phi) is 5.13. The van der Waals surface area contributed by atoms with E-state index in [1.54, 1.807) is 24.7 Å². The van der Waals surface area contributed by atoms with Crippen molar-refractivity contribution in [2.24, 2.45) is 0 Å². The third kappa shape index (κ3) is 3.89. The van der Waals surface area contributed by atoms with E-state index in [-0.39, 0.29) is 12.5 Å². The molecule has 1 aliphatic heterocycles. The van der Waals surface area contributed by atoms with Gasteiger partial charge >= 0.3 is 0 Å². The van der Waals surface area contributed by atoms with E-state index in [9.17, 15) is 4.79 Å². The number of anilines is 2. The summed E-state index contributed by atoms with van der Waals surface area (Å²) in [4.78, 5) is 37.0. The number of nitrogen functional groups attached to an aromatic ring is 1. The van der Waals surface area contributed by atoms with Crippen molar-refractivity contribution in [1.82, 2.24) is 30.2 Å². The summed E-state index contributed by atoms with van der Waals surface area (Å²) in [5.41, 5.74) is 9.13. The zero-order valence-corrected chi connectivity index (χ0v) is 17.5. The van der Waals surface area contributed by atoms with Crippen LogP contribution in [0, 0.1) is 0 Å². The lowest BCUT2D eigenvalue weighted by atomic mass is 10.1. The minimum absolute atomic E-state index is 0.225. The van der Waals surface area contributed by atoms with Crippen LogP contribution in [-0.4, -0.2) is 43.9 Å². The molecule has 0 atom stereocenters. The molecule has 0 bridgehead atoms. The minimum Gasteiger partial charge on any atom is -0.383 e. The molecule has 4 aromatic heterocycles. The second-order valence-corrected chi connectivity index (χ2v) is 8.23. The number of amides is 1. The second-order valence-electron chi connectivity index (χ2n) is 7.26. The number of carbonyl (C=O) groups excluding carboxylic acids is 1. The fraction of sp³-hybridized carbons (Fsp3) is 0.238. The Bertz CT molecular complexity index is 1240. The van der Waals surface area contributed by atoms with Gasteiger partial charge in [0.05, 0.1) is 16.0 Å². The van der Waals surface area contributed by atoms with E-state index in [0.29, 0.717) is 28.3 Å². The Morgan fingerprint density at radius 3 is 2.84 bits per heavy atom. The largest absolute Gasteiger partial charge is 0.383 e. The number of hydrogen-bond donors (Lipinski definition) is 2. The number of aromatic nitrogens is 5. The third-order valence-electron chi connectivity index (χ3n) is 5.19. The maximum Gasteiger partial charge on any atom is 0.253 e. The molecule has 0 aliphatic carbocycles. The van der Waals surface area contributed by atoms with Crippen molar-refractivity contribution in [3.05, 3.63) is 54.2 Å². The van der Waals surface area contributed by atoms with Gasteiger partial charge < -0.3 is 16.0 Å². The maximum absolute atomic E-state index is 13.2. The number of carbonyl (C=O) groups is 1. The molecule has 4 aromatic rings. The monoisotopic (exact) mass is 432 g/mol. The van der Waals surface area contributed by atoms with Gasteiger partial charge in [0.2, 0.25) is 0 Å². The molecule has 10 heteroatoms. The molecule has 3 N–H and O–H groups in total. The molecule has 1 amide bonds. The summed E-state index contributed by atoms with van der Waals surface area (Å²) in [7, 11) is 0. The van der Waals surface area contributed by atoms with Crippen molar-refractivity contribution in [2.75, 3.05) is 23.7 Å². The number of pyridine rings is 2. The smallest absolute Gasteiger partial charge is 0.253 e. The maximum atomic E-state index is 13.2. The Morgan fingerprint density at radius 2 is 2.06 bits per heavy atom. The number of rotatable bonds is 5. The van der Waals surface area contributed by atoms with Crippen LogP contribution in [0.5, 0.6) is 0 Å². The first-order valence-corrected chi connectivity index (χ1v) is 10.8. The van der Waals surface area contributed by atoms with Gasteiger partial charge in [0, 0.05) is 49.4 Å². The highest BCUT2D eigenvalue weighted by molar-refractivity contribution is 7.22. The summed E-state index contributed by atoms with van der Waals surface area (Å²) in [5.74, 6) is 0.123. The molecule has 1 saturated heterocycles. The molecule has 31 heavy (non-hydrogen) atoms. The number of fused-ring (bicyclic) bond motifs is 1. The van der Waals surface area contributed by atoms with Crippen LogP contribution >= 0.6 is 11.3 Å². The molecule has 0 saturated carbocycles. The Balaban J connectivity index is 1.53. The van der Waals surface area contributed by atoms with E-state index >= 15 is 0 Å². The molecular weight excluding hydrogens is 412 g/mol. The van der Waals surface area contributed by atoms with Crippen LogP contribution in [0.2, 0.25) is 0 Å². The first-order chi connectivity index (χ1) is 15.2. The minimum atomic E-state index is -0.225. The quantitative estimate of drug-likeness (QED) is 0.493. The van der Waals surface area contributed by atoms with Crippen LogP contribution in [0.4, 0.5) is 10.9 Å². The lowest BCUT2D eigenvalue weighted by molar-refractivity contribution is 0.0952. The van der Waals surface area contributed by atoms with Gasteiger partial charge in [-0.1, -0.05) is 11.3 Å². The Hall–Kier alpha value is -3.66. The average Bonchev–Trinajstić information content (AvgIpc) is 3.48. The van der Waals surface area contributed by atoms with Crippen molar-refractivity contribution in [3.63, 3.8) is 0 Å². The molecule has 5 rings (SSSR count). The van der Waals surface area contributed by atoms with Gasteiger partial charge in [0.15, 0.2) is 10.8 Å². The van der Waals surface area contributed by atoms with Crippen molar-refractivity contribution < 1.29 is 4.79 Å². The normalized spacial score (nSPS) is 13.6. The van der Waals surface area contributed by atoms with E-state index in [1.807, 2.05) is 12.1 Å². The van der Waals surface area contributed by atoms with Gasteiger partial charge in [0.1, 0.15) is 12.1 Å². The topological polar surface area (TPSA) is 123 Å². The lowest BCUT2D eigenvalue weighted by Gasteiger charge is -2.11. The van der Waals surface area contributed by atoms with Crippen LogP contribution < -0.4 is 16.0 Å². The number of nitrogens with one attached hydrogen (secondary N) is 1. The summed E-state index contributed by atoms with van der Waals surface area (Å²) >= 11 is 1.50. The Morgan fingerprint density at radius 1 is 1.19 bits per heavy atom. The van der Waals surface area contributed by atoms with Gasteiger partial charge in [-0.3, -0.25) is 9.78 Å². The molecule has 0 unspecified atom stereocenters. The van der Waals surface area contributed by atoms with Crippen molar-refractivity contribution in [3.8, 4) is 11.3 Å². The van der Waals surface area contributed by atoms with Crippen LogP contribution in [0.25, 0.3) is 21.6 Å². The molecule has 5 heterocycles. The zero-order valence-electron chi connectivity index (χ0n) is 16.7. The van der Waals surface area contributed by atoms with Gasteiger partial charge in [0.25, 0.3) is 5.91 Å². The number of thiazole rings is 1. The predicted octanol–water partition coefficient (Wildman–Crippen LogP) is 2.66. The van der Waals surface area contributed by atoms with Crippen LogP contribution in [0.15, 0.2) is 43.1 Å². The van der Waals surface area contributed by atoms with Gasteiger partial charge in [-0.15, -0.1) is 0 Å². The predicted molar refractivity (Wildman–Crippen MR) is 120 cm³/mol. The molecule has 0 aromatic carbocycles. The van der Waals surface area contributed by atoms with E-state index in [2.05, 4.69) is 25.2 Å². The molecule has 0 spiro atoms. The summed E-state index contributed by atoms with van der Waals surface area (Å²) < 4.78 is 0.768. The van der Waals surface area contributed by atoms with Gasteiger partial charge in [-0.05, 0) is 31.0 Å². The van der Waals surface area contributed by atoms with E-state index < -0.39 is 0 Å². The standard InChI is InChI=1S/C21H20N8OS/c22-18-14(10-24-12-26-18)11-25-20(30)15-8-16(13-4-3-5-23-9-13)27-19-17(15)31-21(28-19)29-6-1-2-7-29/h3-5,8-10,12H,1-2,6-7,11H2,(H,25,30)(H2,22,24,26). The fourth-order valence-electron chi connectivity index (χ4n) is 3.55. The molecule has 1 aliphatic rings. The van der Waals surface area contributed by atoms with Gasteiger partial charge in [-0.2, -0.15) is 4.98 Å². The SMILES string of the molecule is Nc1ncncc1CNC(=O)c1cc(-c2cccnc2)nc2nc(N3CCCC3)sc12. The molecular formula is C21H20N8OS. The third-order valence-corrected chi connectivity index (χ3v) is 6.33. The number of hydrogen-bond acceptors (Lipinski definition) is 9. The van der Waals surface area contributed by atoms with Crippen LogP contribution in [0.1, 0.15) is 28.8 Å². The summed E-state index contributed by atoms with van der Waals surface area (Å²) in [6.45, 7) is 2.18. The van der Waals surface area contributed by atoms with Crippen molar-refractivity contribution >= 4 is 38.5 Å². The summed E-state index contributed by atoms with van der Waals surface area (Å²) in [6, 6.07) is 5.56. The molecule has 156 valence electrons. The highest BCUT2D eigenvalue weighted by Crippen LogP contribution is 2.34.